The number of hydrogen-bond acceptors (Lipinski definition) is 4. The van der Waals surface area contributed by atoms with E-state index < -0.39 is 0 Å². The predicted molar refractivity (Wildman–Crippen MR) is 99.4 cm³/mol. The van der Waals surface area contributed by atoms with Crippen LogP contribution in [0.1, 0.15) is 22.2 Å². The number of nitrogen functional groups attached to an aromatic ring is 1. The number of benzene rings is 2. The van der Waals surface area contributed by atoms with E-state index in [1.165, 1.54) is 12.1 Å². The highest BCUT2D eigenvalue weighted by Crippen LogP contribution is 2.30. The summed E-state index contributed by atoms with van der Waals surface area (Å²) in [4.78, 5) is 14.8. The molecular weight excluding hydrogens is 347 g/mol. The lowest BCUT2D eigenvalue weighted by Gasteiger charge is -2.33. The Bertz CT molecular complexity index is 940. The molecular formula is C20H19FN4O2. The first kappa shape index (κ1) is 17.2. The van der Waals surface area contributed by atoms with E-state index in [1.54, 1.807) is 17.0 Å². The molecule has 1 atom stereocenters. The van der Waals surface area contributed by atoms with Crippen molar-refractivity contribution in [1.29, 1.82) is 0 Å². The summed E-state index contributed by atoms with van der Waals surface area (Å²) in [5.41, 5.74) is 8.63. The van der Waals surface area contributed by atoms with Crippen LogP contribution in [0.3, 0.4) is 0 Å². The van der Waals surface area contributed by atoms with Gasteiger partial charge in [-0.1, -0.05) is 42.5 Å². The zero-order valence-electron chi connectivity index (χ0n) is 14.6. The molecule has 6 nitrogen and oxygen atoms in total. The van der Waals surface area contributed by atoms with Crippen LogP contribution in [0.25, 0.3) is 11.1 Å². The number of morpholine rings is 1. The van der Waals surface area contributed by atoms with Crippen molar-refractivity contribution in [1.82, 2.24) is 15.1 Å². The Morgan fingerprint density at radius 2 is 1.93 bits per heavy atom. The zero-order valence-corrected chi connectivity index (χ0v) is 14.6. The molecule has 2 heterocycles. The zero-order chi connectivity index (χ0) is 18.8. The van der Waals surface area contributed by atoms with Gasteiger partial charge in [-0.2, -0.15) is 5.10 Å². The van der Waals surface area contributed by atoms with Crippen LogP contribution >= 0.6 is 0 Å². The summed E-state index contributed by atoms with van der Waals surface area (Å²) in [5, 5.41) is 6.80. The van der Waals surface area contributed by atoms with Crippen molar-refractivity contribution in [3.05, 3.63) is 71.7 Å². The van der Waals surface area contributed by atoms with E-state index in [4.69, 9.17) is 10.5 Å². The van der Waals surface area contributed by atoms with Crippen LogP contribution in [0, 0.1) is 5.82 Å². The maximum atomic E-state index is 13.2. The quantitative estimate of drug-likeness (QED) is 0.746. The molecule has 1 amide bonds. The average Bonchev–Trinajstić information content (AvgIpc) is 3.10. The van der Waals surface area contributed by atoms with E-state index >= 15 is 0 Å². The summed E-state index contributed by atoms with van der Waals surface area (Å²) >= 11 is 0. The van der Waals surface area contributed by atoms with E-state index in [0.29, 0.717) is 31.0 Å². The largest absolute Gasteiger partial charge is 0.382 e. The minimum absolute atomic E-state index is 0.187. The number of ether oxygens (including phenoxy) is 1. The minimum Gasteiger partial charge on any atom is -0.382 e. The number of nitrogens with two attached hydrogens (primary N) is 1. The van der Waals surface area contributed by atoms with E-state index in [1.807, 2.05) is 30.3 Å². The maximum absolute atomic E-state index is 13.2. The maximum Gasteiger partial charge on any atom is 0.272 e. The van der Waals surface area contributed by atoms with Crippen LogP contribution < -0.4 is 5.73 Å². The third kappa shape index (κ3) is 3.41. The smallest absolute Gasteiger partial charge is 0.272 e. The van der Waals surface area contributed by atoms with E-state index in [2.05, 4.69) is 10.2 Å². The minimum atomic E-state index is -0.303. The van der Waals surface area contributed by atoms with Gasteiger partial charge in [-0.05, 0) is 23.3 Å². The summed E-state index contributed by atoms with van der Waals surface area (Å²) in [7, 11) is 0. The first-order valence-corrected chi connectivity index (χ1v) is 8.69. The number of halogens is 1. The van der Waals surface area contributed by atoms with Crippen LogP contribution in [0.5, 0.6) is 0 Å². The lowest BCUT2D eigenvalue weighted by Crippen LogP contribution is -2.42. The van der Waals surface area contributed by atoms with Crippen LogP contribution in [0.2, 0.25) is 0 Å². The standard InChI is InChI=1S/C20H19FN4O2/c21-15-8-6-13(7-9-15)16-12-25(10-11-27-16)20(26)18-17(19(22)24-23-18)14-4-2-1-3-5-14/h1-9,16H,10-12H2,(H3,22,23,24)/t16-/m0/s1. The summed E-state index contributed by atoms with van der Waals surface area (Å²) in [6, 6.07) is 15.6. The molecule has 0 bridgehead atoms. The molecule has 2 aromatic carbocycles. The highest BCUT2D eigenvalue weighted by molar-refractivity contribution is 6.01. The molecule has 3 N–H and O–H groups in total. The fraction of sp³-hybridized carbons (Fsp3) is 0.200. The number of H-pyrrole nitrogens is 1. The van der Waals surface area contributed by atoms with Gasteiger partial charge in [0.15, 0.2) is 5.82 Å². The van der Waals surface area contributed by atoms with Crippen molar-refractivity contribution < 1.29 is 13.9 Å². The van der Waals surface area contributed by atoms with Crippen molar-refractivity contribution in [3.8, 4) is 11.1 Å². The third-order valence-corrected chi connectivity index (χ3v) is 4.67. The number of amides is 1. The molecule has 3 aromatic rings. The van der Waals surface area contributed by atoms with Crippen LogP contribution in [-0.2, 0) is 4.74 Å². The predicted octanol–water partition coefficient (Wildman–Crippen LogP) is 3.01. The van der Waals surface area contributed by atoms with Crippen LogP contribution in [-0.4, -0.2) is 40.7 Å². The van der Waals surface area contributed by atoms with E-state index in [0.717, 1.165) is 11.1 Å². The van der Waals surface area contributed by atoms with Crippen molar-refractivity contribution in [3.63, 3.8) is 0 Å². The van der Waals surface area contributed by atoms with Gasteiger partial charge in [0.2, 0.25) is 0 Å². The number of rotatable bonds is 3. The first-order chi connectivity index (χ1) is 13.1. The summed E-state index contributed by atoms with van der Waals surface area (Å²) in [5.74, 6) is -0.204. The van der Waals surface area contributed by atoms with Gasteiger partial charge in [0, 0.05) is 6.54 Å². The second-order valence-corrected chi connectivity index (χ2v) is 6.39. The van der Waals surface area contributed by atoms with Crippen LogP contribution in [0.4, 0.5) is 10.2 Å². The summed E-state index contributed by atoms with van der Waals surface area (Å²) in [6.45, 7) is 1.24. The highest BCUT2D eigenvalue weighted by atomic mass is 19.1. The summed E-state index contributed by atoms with van der Waals surface area (Å²) < 4.78 is 18.9. The number of aromatic nitrogens is 2. The normalized spacial score (nSPS) is 17.1. The molecule has 0 radical (unpaired) electrons. The van der Waals surface area contributed by atoms with Crippen molar-refractivity contribution >= 4 is 11.7 Å². The Morgan fingerprint density at radius 1 is 1.19 bits per heavy atom. The van der Waals surface area contributed by atoms with Crippen LogP contribution in [0.15, 0.2) is 54.6 Å². The molecule has 0 aliphatic carbocycles. The van der Waals surface area contributed by atoms with Gasteiger partial charge < -0.3 is 15.4 Å². The summed E-state index contributed by atoms with van der Waals surface area (Å²) in [6.07, 6.45) is -0.302. The molecule has 0 saturated carbocycles. The number of nitrogens with one attached hydrogen (secondary N) is 1. The second-order valence-electron chi connectivity index (χ2n) is 6.39. The Labute approximate surface area is 155 Å². The molecule has 0 spiro atoms. The topological polar surface area (TPSA) is 84.2 Å². The highest BCUT2D eigenvalue weighted by Gasteiger charge is 2.29. The Kier molecular flexibility index (Phi) is 4.60. The third-order valence-electron chi connectivity index (χ3n) is 4.67. The SMILES string of the molecule is Nc1n[nH]c(C(=O)N2CCO[C@H](c3ccc(F)cc3)C2)c1-c1ccccc1. The van der Waals surface area contributed by atoms with Gasteiger partial charge in [-0.15, -0.1) is 0 Å². The molecule has 27 heavy (non-hydrogen) atoms. The Morgan fingerprint density at radius 3 is 2.67 bits per heavy atom. The first-order valence-electron chi connectivity index (χ1n) is 8.69. The van der Waals surface area contributed by atoms with Gasteiger partial charge in [-0.3, -0.25) is 9.89 Å². The molecule has 1 fully saturated rings. The fourth-order valence-corrected chi connectivity index (χ4v) is 3.28. The van der Waals surface area contributed by atoms with Gasteiger partial charge in [0.1, 0.15) is 17.6 Å². The molecule has 1 aromatic heterocycles. The van der Waals surface area contributed by atoms with Gasteiger partial charge in [0.05, 0.1) is 18.7 Å². The van der Waals surface area contributed by atoms with Gasteiger partial charge >= 0.3 is 0 Å². The average molecular weight is 366 g/mol. The molecule has 4 rings (SSSR count). The number of anilines is 1. The number of aromatic amines is 1. The Balaban J connectivity index is 1.59. The molecule has 1 saturated heterocycles. The number of carbonyl (C=O) groups is 1. The molecule has 7 heteroatoms. The van der Waals surface area contributed by atoms with Crippen molar-refractivity contribution in [2.75, 3.05) is 25.4 Å². The lowest BCUT2D eigenvalue weighted by molar-refractivity contribution is -0.0230. The number of hydrogen-bond donors (Lipinski definition) is 2. The molecule has 1 aliphatic rings. The number of carbonyl (C=O) groups excluding carboxylic acids is 1. The molecule has 138 valence electrons. The van der Waals surface area contributed by atoms with Gasteiger partial charge in [0.25, 0.3) is 5.91 Å². The van der Waals surface area contributed by atoms with Gasteiger partial charge in [-0.25, -0.2) is 4.39 Å². The second kappa shape index (κ2) is 7.20. The molecule has 0 unspecified atom stereocenters. The van der Waals surface area contributed by atoms with E-state index in [-0.39, 0.29) is 23.6 Å². The fourth-order valence-electron chi connectivity index (χ4n) is 3.28. The number of nitrogens with zero attached hydrogens (tertiary/aromatic N) is 2. The van der Waals surface area contributed by atoms with Crippen molar-refractivity contribution in [2.45, 2.75) is 6.10 Å². The van der Waals surface area contributed by atoms with E-state index in [9.17, 15) is 9.18 Å². The molecule has 1 aliphatic heterocycles. The monoisotopic (exact) mass is 366 g/mol. The Hall–Kier alpha value is -3.19. The van der Waals surface area contributed by atoms with Crippen molar-refractivity contribution in [2.24, 2.45) is 0 Å². The lowest BCUT2D eigenvalue weighted by atomic mass is 10.0.